The topological polar surface area (TPSA) is 116 Å². The molecule has 6 nitrogen and oxygen atoms in total. The Morgan fingerprint density at radius 3 is 2.05 bits per heavy atom. The van der Waals surface area contributed by atoms with Gasteiger partial charge in [0.2, 0.25) is 0 Å². The van der Waals surface area contributed by atoms with Crippen LogP contribution in [-0.2, 0) is 14.3 Å². The molecule has 0 aliphatic carbocycles. The highest BCUT2D eigenvalue weighted by molar-refractivity contribution is 6.10. The van der Waals surface area contributed by atoms with E-state index in [1.807, 2.05) is 13.8 Å². The SMILES string of the molecule is CCC(N)C(O)C(=O)[C@@](N)(CC(C)C)C(=O)OC(C)(C)C. The number of Topliss-reactive ketones (excluding diaryl/α,β-unsaturated/α-hetero) is 1. The van der Waals surface area contributed by atoms with Crippen molar-refractivity contribution in [2.45, 2.75) is 77.7 Å². The number of aliphatic hydroxyl groups is 1. The summed E-state index contributed by atoms with van der Waals surface area (Å²) in [7, 11) is 0. The number of rotatable bonds is 7. The van der Waals surface area contributed by atoms with Crippen LogP contribution in [0.25, 0.3) is 0 Å². The van der Waals surface area contributed by atoms with Gasteiger partial charge in [-0.15, -0.1) is 0 Å². The van der Waals surface area contributed by atoms with Crippen LogP contribution < -0.4 is 11.5 Å². The van der Waals surface area contributed by atoms with Gasteiger partial charge in [0.1, 0.15) is 11.7 Å². The first-order chi connectivity index (χ1) is 9.35. The first kappa shape index (κ1) is 20.0. The largest absolute Gasteiger partial charge is 0.458 e. The van der Waals surface area contributed by atoms with Gasteiger partial charge < -0.3 is 21.3 Å². The van der Waals surface area contributed by atoms with Crippen molar-refractivity contribution in [3.63, 3.8) is 0 Å². The van der Waals surface area contributed by atoms with Crippen LogP contribution in [0, 0.1) is 5.92 Å². The van der Waals surface area contributed by atoms with Crippen molar-refractivity contribution in [3.05, 3.63) is 0 Å². The average molecular weight is 302 g/mol. The van der Waals surface area contributed by atoms with Gasteiger partial charge in [-0.2, -0.15) is 0 Å². The smallest absolute Gasteiger partial charge is 0.334 e. The lowest BCUT2D eigenvalue weighted by Crippen LogP contribution is -2.63. The lowest BCUT2D eigenvalue weighted by Gasteiger charge is -2.33. The standard InChI is InChI=1S/C15H30N2O4/c1-7-10(16)11(18)12(19)15(17,8-9(2)3)13(20)21-14(4,5)6/h9-11,18H,7-8,16-17H2,1-6H3/t10?,11?,15-/m0/s1. The van der Waals surface area contributed by atoms with Crippen molar-refractivity contribution in [2.75, 3.05) is 0 Å². The van der Waals surface area contributed by atoms with E-state index in [-0.39, 0.29) is 12.3 Å². The third-order valence-corrected chi connectivity index (χ3v) is 3.08. The lowest BCUT2D eigenvalue weighted by molar-refractivity contribution is -0.167. The van der Waals surface area contributed by atoms with Crippen molar-refractivity contribution >= 4 is 11.8 Å². The molecule has 0 saturated heterocycles. The second-order valence-electron chi connectivity index (χ2n) is 6.95. The summed E-state index contributed by atoms with van der Waals surface area (Å²) in [5, 5.41) is 10.0. The zero-order valence-electron chi connectivity index (χ0n) is 14.0. The summed E-state index contributed by atoms with van der Waals surface area (Å²) < 4.78 is 5.25. The van der Waals surface area contributed by atoms with Gasteiger partial charge in [0.05, 0.1) is 0 Å². The fourth-order valence-electron chi connectivity index (χ4n) is 1.98. The molecule has 21 heavy (non-hydrogen) atoms. The molecule has 3 atom stereocenters. The Balaban J connectivity index is 5.43. The highest BCUT2D eigenvalue weighted by Crippen LogP contribution is 2.23. The van der Waals surface area contributed by atoms with Crippen molar-refractivity contribution < 1.29 is 19.4 Å². The number of nitrogens with two attached hydrogens (primary N) is 2. The van der Waals surface area contributed by atoms with Crippen LogP contribution in [0.1, 0.15) is 54.4 Å². The first-order valence-electron chi connectivity index (χ1n) is 7.35. The number of carbonyl (C=O) groups excluding carboxylic acids is 2. The number of hydrogen-bond acceptors (Lipinski definition) is 6. The molecule has 2 unspecified atom stereocenters. The molecular formula is C15H30N2O4. The maximum absolute atomic E-state index is 12.5. The second-order valence-corrected chi connectivity index (χ2v) is 6.95. The van der Waals surface area contributed by atoms with E-state index in [2.05, 4.69) is 0 Å². The molecule has 124 valence electrons. The van der Waals surface area contributed by atoms with E-state index < -0.39 is 35.0 Å². The molecule has 6 heteroatoms. The average Bonchev–Trinajstić information content (AvgIpc) is 2.32. The Hall–Kier alpha value is -0.980. The van der Waals surface area contributed by atoms with E-state index in [1.54, 1.807) is 27.7 Å². The molecule has 0 aromatic heterocycles. The van der Waals surface area contributed by atoms with E-state index in [0.29, 0.717) is 6.42 Å². The Labute approximate surface area is 127 Å². The summed E-state index contributed by atoms with van der Waals surface area (Å²) in [6.07, 6.45) is -0.987. The highest BCUT2D eigenvalue weighted by Gasteiger charge is 2.48. The lowest BCUT2D eigenvalue weighted by atomic mass is 9.81. The summed E-state index contributed by atoms with van der Waals surface area (Å²) >= 11 is 0. The monoisotopic (exact) mass is 302 g/mol. The van der Waals surface area contributed by atoms with Gasteiger partial charge in [-0.3, -0.25) is 4.79 Å². The minimum Gasteiger partial charge on any atom is -0.458 e. The van der Waals surface area contributed by atoms with Crippen LogP contribution in [0.15, 0.2) is 0 Å². The molecule has 0 aliphatic rings. The Bertz CT molecular complexity index is 376. The molecule has 5 N–H and O–H groups in total. The number of carbonyl (C=O) groups is 2. The summed E-state index contributed by atoms with van der Waals surface area (Å²) in [5.41, 5.74) is 9.09. The van der Waals surface area contributed by atoms with Crippen molar-refractivity contribution in [3.8, 4) is 0 Å². The highest BCUT2D eigenvalue weighted by atomic mass is 16.6. The predicted molar refractivity (Wildman–Crippen MR) is 81.5 cm³/mol. The third kappa shape index (κ3) is 5.73. The normalized spacial score (nSPS) is 18.0. The number of ether oxygens (including phenoxy) is 1. The van der Waals surface area contributed by atoms with Gasteiger partial charge >= 0.3 is 5.97 Å². The molecule has 0 aromatic rings. The zero-order valence-corrected chi connectivity index (χ0v) is 14.0. The van der Waals surface area contributed by atoms with E-state index in [1.165, 1.54) is 0 Å². The molecule has 0 aliphatic heterocycles. The molecule has 0 spiro atoms. The van der Waals surface area contributed by atoms with Gasteiger partial charge in [-0.05, 0) is 39.5 Å². The number of esters is 1. The molecule has 0 bridgehead atoms. The van der Waals surface area contributed by atoms with E-state index in [0.717, 1.165) is 0 Å². The van der Waals surface area contributed by atoms with E-state index in [4.69, 9.17) is 16.2 Å². The molecule has 0 amide bonds. The van der Waals surface area contributed by atoms with Crippen LogP contribution >= 0.6 is 0 Å². The van der Waals surface area contributed by atoms with Crippen LogP contribution in [0.2, 0.25) is 0 Å². The predicted octanol–water partition coefficient (Wildman–Crippen LogP) is 0.739. The van der Waals surface area contributed by atoms with E-state index >= 15 is 0 Å². The molecule has 0 fully saturated rings. The second kappa shape index (κ2) is 7.33. The summed E-state index contributed by atoms with van der Waals surface area (Å²) in [4.78, 5) is 24.8. The van der Waals surface area contributed by atoms with Gasteiger partial charge in [0.25, 0.3) is 0 Å². The minimum absolute atomic E-state index is 0.0171. The first-order valence-corrected chi connectivity index (χ1v) is 7.35. The molecule has 0 heterocycles. The Morgan fingerprint density at radius 1 is 1.24 bits per heavy atom. The molecule has 0 saturated carbocycles. The summed E-state index contributed by atoms with van der Waals surface area (Å²) in [6, 6.07) is -0.755. The van der Waals surface area contributed by atoms with Crippen molar-refractivity contribution in [2.24, 2.45) is 17.4 Å². The van der Waals surface area contributed by atoms with Crippen molar-refractivity contribution in [1.82, 2.24) is 0 Å². The molecule has 0 rings (SSSR count). The molecule has 0 radical (unpaired) electrons. The number of aliphatic hydroxyl groups excluding tert-OH is 1. The number of ketones is 1. The molecule has 0 aromatic carbocycles. The van der Waals surface area contributed by atoms with Gasteiger partial charge in [-0.25, -0.2) is 4.79 Å². The maximum atomic E-state index is 12.5. The number of hydrogen-bond donors (Lipinski definition) is 3. The Kier molecular flexibility index (Phi) is 6.99. The summed E-state index contributed by atoms with van der Waals surface area (Å²) in [6.45, 7) is 10.5. The van der Waals surface area contributed by atoms with Crippen LogP contribution in [0.5, 0.6) is 0 Å². The van der Waals surface area contributed by atoms with Gasteiger partial charge in [0, 0.05) is 6.04 Å². The van der Waals surface area contributed by atoms with Crippen molar-refractivity contribution in [1.29, 1.82) is 0 Å². The molecular weight excluding hydrogens is 272 g/mol. The van der Waals surface area contributed by atoms with Crippen LogP contribution in [0.4, 0.5) is 0 Å². The fourth-order valence-corrected chi connectivity index (χ4v) is 1.98. The van der Waals surface area contributed by atoms with Gasteiger partial charge in [-0.1, -0.05) is 20.8 Å². The van der Waals surface area contributed by atoms with Gasteiger partial charge in [0.15, 0.2) is 11.3 Å². The fraction of sp³-hybridized carbons (Fsp3) is 0.867. The van der Waals surface area contributed by atoms with Crippen LogP contribution in [0.3, 0.4) is 0 Å². The Morgan fingerprint density at radius 2 is 1.71 bits per heavy atom. The zero-order chi connectivity index (χ0) is 17.0. The maximum Gasteiger partial charge on any atom is 0.334 e. The third-order valence-electron chi connectivity index (χ3n) is 3.08. The van der Waals surface area contributed by atoms with E-state index in [9.17, 15) is 14.7 Å². The summed E-state index contributed by atoms with van der Waals surface area (Å²) in [5.74, 6) is -1.62. The minimum atomic E-state index is -1.88. The quantitative estimate of drug-likeness (QED) is 0.472. The van der Waals surface area contributed by atoms with Crippen LogP contribution in [-0.4, -0.2) is 40.1 Å².